The topological polar surface area (TPSA) is 28.5 Å². The molecule has 2 heterocycles. The molecule has 2 aromatic carbocycles. The molecule has 0 aliphatic carbocycles. The molecular formula is C23H23F2N3O. The van der Waals surface area contributed by atoms with Crippen LogP contribution in [0.5, 0.6) is 0 Å². The zero-order valence-electron chi connectivity index (χ0n) is 16.0. The van der Waals surface area contributed by atoms with Crippen LogP contribution in [0, 0.1) is 11.6 Å². The van der Waals surface area contributed by atoms with Crippen molar-refractivity contribution in [1.29, 1.82) is 0 Å². The number of hydrogen-bond donors (Lipinski definition) is 0. The highest BCUT2D eigenvalue weighted by atomic mass is 19.1. The average Bonchev–Trinajstić information content (AvgIpc) is 3.27. The number of aromatic nitrogens is 1. The van der Waals surface area contributed by atoms with Crippen LogP contribution in [0.3, 0.4) is 0 Å². The summed E-state index contributed by atoms with van der Waals surface area (Å²) in [5, 5.41) is 0. The van der Waals surface area contributed by atoms with E-state index in [1.165, 1.54) is 24.3 Å². The van der Waals surface area contributed by atoms with Crippen molar-refractivity contribution in [2.24, 2.45) is 0 Å². The van der Waals surface area contributed by atoms with Gasteiger partial charge in [-0.1, -0.05) is 12.1 Å². The van der Waals surface area contributed by atoms with Crippen LogP contribution in [-0.4, -0.2) is 41.6 Å². The summed E-state index contributed by atoms with van der Waals surface area (Å²) in [5.74, 6) is -0.511. The van der Waals surface area contributed by atoms with Gasteiger partial charge in [-0.05, 0) is 54.1 Å². The first kappa shape index (κ1) is 19.2. The standard InChI is InChI=1S/C23H23F2N3O/c24-19-6-8-21(9-7-19)26-12-14-28(15-13-26)23(29)17-22(27-10-1-2-11-27)18-4-3-5-20(25)16-18/h1-11,16,22H,12-15,17H2. The summed E-state index contributed by atoms with van der Waals surface area (Å²) in [4.78, 5) is 17.0. The van der Waals surface area contributed by atoms with Gasteiger partial charge >= 0.3 is 0 Å². The number of hydrogen-bond acceptors (Lipinski definition) is 2. The van der Waals surface area contributed by atoms with Gasteiger partial charge in [-0.15, -0.1) is 0 Å². The van der Waals surface area contributed by atoms with E-state index in [4.69, 9.17) is 0 Å². The lowest BCUT2D eigenvalue weighted by Gasteiger charge is -2.36. The minimum Gasteiger partial charge on any atom is -0.368 e. The van der Waals surface area contributed by atoms with Gasteiger partial charge in [0.15, 0.2) is 0 Å². The molecule has 0 spiro atoms. The van der Waals surface area contributed by atoms with Gasteiger partial charge in [0.1, 0.15) is 11.6 Å². The third-order valence-electron chi connectivity index (χ3n) is 5.41. The molecule has 1 aliphatic rings. The highest BCUT2D eigenvalue weighted by Crippen LogP contribution is 2.25. The number of nitrogens with zero attached hydrogens (tertiary/aromatic N) is 3. The first-order valence-corrected chi connectivity index (χ1v) is 9.76. The lowest BCUT2D eigenvalue weighted by molar-refractivity contribution is -0.132. The van der Waals surface area contributed by atoms with E-state index < -0.39 is 0 Å². The molecule has 1 atom stereocenters. The number of benzene rings is 2. The molecule has 29 heavy (non-hydrogen) atoms. The fourth-order valence-corrected chi connectivity index (χ4v) is 3.83. The van der Waals surface area contributed by atoms with Crippen molar-refractivity contribution >= 4 is 11.6 Å². The Kier molecular flexibility index (Phi) is 5.60. The van der Waals surface area contributed by atoms with E-state index in [0.717, 1.165) is 11.3 Å². The maximum Gasteiger partial charge on any atom is 0.225 e. The van der Waals surface area contributed by atoms with E-state index in [1.807, 2.05) is 40.1 Å². The van der Waals surface area contributed by atoms with Crippen molar-refractivity contribution in [3.05, 3.63) is 90.3 Å². The first-order chi connectivity index (χ1) is 14.1. The second kappa shape index (κ2) is 8.47. The predicted molar refractivity (Wildman–Crippen MR) is 109 cm³/mol. The summed E-state index contributed by atoms with van der Waals surface area (Å²) < 4.78 is 28.8. The Balaban J connectivity index is 1.43. The quantitative estimate of drug-likeness (QED) is 0.651. The lowest BCUT2D eigenvalue weighted by atomic mass is 10.0. The van der Waals surface area contributed by atoms with Gasteiger partial charge in [0, 0.05) is 44.3 Å². The Morgan fingerprint density at radius 1 is 0.862 bits per heavy atom. The van der Waals surface area contributed by atoms with Gasteiger partial charge in [-0.2, -0.15) is 0 Å². The van der Waals surface area contributed by atoms with Crippen LogP contribution in [-0.2, 0) is 4.79 Å². The van der Waals surface area contributed by atoms with Crippen LogP contribution in [0.15, 0.2) is 73.1 Å². The molecule has 1 unspecified atom stereocenters. The number of halogens is 2. The molecule has 4 nitrogen and oxygen atoms in total. The summed E-state index contributed by atoms with van der Waals surface area (Å²) in [6.07, 6.45) is 4.07. The Morgan fingerprint density at radius 3 is 2.21 bits per heavy atom. The predicted octanol–water partition coefficient (Wildman–Crippen LogP) is 4.09. The second-order valence-electron chi connectivity index (χ2n) is 7.25. The number of anilines is 1. The van der Waals surface area contributed by atoms with Crippen LogP contribution < -0.4 is 4.90 Å². The molecule has 1 fully saturated rings. The molecule has 0 radical (unpaired) electrons. The summed E-state index contributed by atoms with van der Waals surface area (Å²) in [6.45, 7) is 2.62. The van der Waals surface area contributed by atoms with Crippen molar-refractivity contribution in [3.8, 4) is 0 Å². The normalized spacial score (nSPS) is 15.4. The van der Waals surface area contributed by atoms with Gasteiger partial charge in [-0.25, -0.2) is 8.78 Å². The van der Waals surface area contributed by atoms with Gasteiger partial charge in [-0.3, -0.25) is 4.79 Å². The minimum atomic E-state index is -0.306. The van der Waals surface area contributed by atoms with Crippen LogP contribution in [0.1, 0.15) is 18.0 Å². The Hall–Kier alpha value is -3.15. The van der Waals surface area contributed by atoms with Crippen LogP contribution in [0.25, 0.3) is 0 Å². The molecule has 6 heteroatoms. The number of piperazine rings is 1. The molecule has 1 aromatic heterocycles. The average molecular weight is 395 g/mol. The lowest BCUT2D eigenvalue weighted by Crippen LogP contribution is -2.49. The SMILES string of the molecule is O=C(CC(c1cccc(F)c1)n1cccc1)N1CCN(c2ccc(F)cc2)CC1. The van der Waals surface area contributed by atoms with E-state index in [9.17, 15) is 13.6 Å². The Bertz CT molecular complexity index is 949. The van der Waals surface area contributed by atoms with Crippen molar-refractivity contribution in [2.75, 3.05) is 31.1 Å². The maximum atomic E-state index is 13.8. The van der Waals surface area contributed by atoms with E-state index in [-0.39, 0.29) is 30.0 Å². The van der Waals surface area contributed by atoms with Crippen LogP contribution in [0.4, 0.5) is 14.5 Å². The van der Waals surface area contributed by atoms with E-state index in [2.05, 4.69) is 4.90 Å². The number of carbonyl (C=O) groups excluding carboxylic acids is 1. The fraction of sp³-hybridized carbons (Fsp3) is 0.261. The smallest absolute Gasteiger partial charge is 0.225 e. The number of rotatable bonds is 5. The summed E-state index contributed by atoms with van der Waals surface area (Å²) in [5.41, 5.74) is 1.74. The Labute approximate surface area is 169 Å². The molecule has 0 saturated carbocycles. The summed E-state index contributed by atoms with van der Waals surface area (Å²) in [6, 6.07) is 16.4. The van der Waals surface area contributed by atoms with Gasteiger partial charge in [0.25, 0.3) is 0 Å². The second-order valence-corrected chi connectivity index (χ2v) is 7.25. The van der Waals surface area contributed by atoms with E-state index >= 15 is 0 Å². The number of amides is 1. The van der Waals surface area contributed by atoms with Gasteiger partial charge in [0.2, 0.25) is 5.91 Å². The third kappa shape index (κ3) is 4.47. The zero-order valence-corrected chi connectivity index (χ0v) is 16.0. The fourth-order valence-electron chi connectivity index (χ4n) is 3.83. The molecule has 0 N–H and O–H groups in total. The van der Waals surface area contributed by atoms with Crippen LogP contribution >= 0.6 is 0 Å². The highest BCUT2D eigenvalue weighted by molar-refractivity contribution is 5.77. The van der Waals surface area contributed by atoms with Crippen molar-refractivity contribution in [3.63, 3.8) is 0 Å². The molecule has 1 aliphatic heterocycles. The highest BCUT2D eigenvalue weighted by Gasteiger charge is 2.25. The minimum absolute atomic E-state index is 0.0479. The van der Waals surface area contributed by atoms with Gasteiger partial charge in [0.05, 0.1) is 12.5 Å². The van der Waals surface area contributed by atoms with E-state index in [1.54, 1.807) is 18.2 Å². The monoisotopic (exact) mass is 395 g/mol. The van der Waals surface area contributed by atoms with Crippen LogP contribution in [0.2, 0.25) is 0 Å². The molecule has 1 amide bonds. The zero-order chi connectivity index (χ0) is 20.2. The van der Waals surface area contributed by atoms with Crippen molar-refractivity contribution < 1.29 is 13.6 Å². The van der Waals surface area contributed by atoms with Crippen molar-refractivity contribution in [2.45, 2.75) is 12.5 Å². The van der Waals surface area contributed by atoms with Crippen molar-refractivity contribution in [1.82, 2.24) is 9.47 Å². The molecule has 1 saturated heterocycles. The first-order valence-electron chi connectivity index (χ1n) is 9.76. The summed E-state index contributed by atoms with van der Waals surface area (Å²) >= 11 is 0. The molecule has 150 valence electrons. The van der Waals surface area contributed by atoms with E-state index in [0.29, 0.717) is 26.2 Å². The molecule has 0 bridgehead atoms. The number of carbonyl (C=O) groups is 1. The third-order valence-corrected chi connectivity index (χ3v) is 5.41. The molecule has 3 aromatic rings. The largest absolute Gasteiger partial charge is 0.368 e. The Morgan fingerprint density at radius 2 is 1.55 bits per heavy atom. The van der Waals surface area contributed by atoms with Gasteiger partial charge < -0.3 is 14.4 Å². The molecular weight excluding hydrogens is 372 g/mol. The molecule has 4 rings (SSSR count). The maximum absolute atomic E-state index is 13.8. The summed E-state index contributed by atoms with van der Waals surface area (Å²) in [7, 11) is 0.